The van der Waals surface area contributed by atoms with E-state index in [0.717, 1.165) is 0 Å². The number of carbonyl (C=O) groups is 1. The normalized spacial score (nSPS) is 8.36. The molecule has 6 N–H and O–H groups in total. The zero-order chi connectivity index (χ0) is 11.0. The first-order valence-corrected chi connectivity index (χ1v) is 3.67. The van der Waals surface area contributed by atoms with Crippen LogP contribution in [0.2, 0.25) is 0 Å². The fourth-order valence-corrected chi connectivity index (χ4v) is 0.495. The average molecular weight is 200 g/mol. The van der Waals surface area contributed by atoms with Gasteiger partial charge in [-0.05, 0) is 6.92 Å². The second kappa shape index (κ2) is 6.40. The summed E-state index contributed by atoms with van der Waals surface area (Å²) < 4.78 is 4.15. The number of carbonyl (C=O) groups excluding carboxylic acids is 1. The van der Waals surface area contributed by atoms with Gasteiger partial charge in [0.25, 0.3) is 6.47 Å². The predicted molar refractivity (Wildman–Crippen MR) is 50.8 cm³/mol. The molecule has 0 radical (unpaired) electrons. The molecule has 14 heavy (non-hydrogen) atoms. The Balaban J connectivity index is 0.000000292. The maximum absolute atomic E-state index is 9.18. The molecule has 0 amide bonds. The van der Waals surface area contributed by atoms with E-state index < -0.39 is 0 Å². The molecule has 0 aromatic carbocycles. The summed E-state index contributed by atoms with van der Waals surface area (Å²) in [6.45, 7) is 2.66. The van der Waals surface area contributed by atoms with Gasteiger partial charge in [0.05, 0.1) is 6.61 Å². The number of hydrogen-bond donors (Lipinski definition) is 3. The average Bonchev–Trinajstić information content (AvgIpc) is 2.03. The summed E-state index contributed by atoms with van der Waals surface area (Å²) in [6, 6.07) is 0. The van der Waals surface area contributed by atoms with Crippen LogP contribution in [0.3, 0.4) is 0 Å². The van der Waals surface area contributed by atoms with Gasteiger partial charge in [0, 0.05) is 0 Å². The highest BCUT2D eigenvalue weighted by Crippen LogP contribution is 1.97. The Morgan fingerprint density at radius 1 is 1.14 bits per heavy atom. The largest absolute Gasteiger partial charge is 0.468 e. The minimum Gasteiger partial charge on any atom is -0.468 e. The van der Waals surface area contributed by atoms with Crippen molar-refractivity contribution in [2.45, 2.75) is 6.92 Å². The van der Waals surface area contributed by atoms with Crippen LogP contribution in [-0.2, 0) is 9.53 Å². The summed E-state index contributed by atoms with van der Waals surface area (Å²) in [5, 5.41) is 0. The number of nitrogen functional groups attached to an aromatic ring is 3. The Bertz CT molecular complexity index is 241. The van der Waals surface area contributed by atoms with Crippen LogP contribution >= 0.6 is 0 Å². The van der Waals surface area contributed by atoms with Gasteiger partial charge in [-0.15, -0.1) is 0 Å². The zero-order valence-electron chi connectivity index (χ0n) is 7.67. The van der Waals surface area contributed by atoms with Gasteiger partial charge in [-0.3, -0.25) is 4.79 Å². The molecule has 1 heterocycles. The van der Waals surface area contributed by atoms with Crippen LogP contribution in [-0.4, -0.2) is 28.0 Å². The second-order valence-corrected chi connectivity index (χ2v) is 1.96. The molecular weight excluding hydrogens is 188 g/mol. The first kappa shape index (κ1) is 11.9. The monoisotopic (exact) mass is 200 g/mol. The van der Waals surface area contributed by atoms with Crippen LogP contribution in [0.4, 0.5) is 17.8 Å². The molecule has 0 fully saturated rings. The van der Waals surface area contributed by atoms with Gasteiger partial charge in [0.2, 0.25) is 17.8 Å². The van der Waals surface area contributed by atoms with Crippen LogP contribution in [0.25, 0.3) is 0 Å². The fourth-order valence-electron chi connectivity index (χ4n) is 0.495. The van der Waals surface area contributed by atoms with Crippen molar-refractivity contribution < 1.29 is 9.53 Å². The van der Waals surface area contributed by atoms with E-state index in [0.29, 0.717) is 13.1 Å². The van der Waals surface area contributed by atoms with Gasteiger partial charge in [-0.2, -0.15) is 15.0 Å². The number of rotatable bonds is 2. The van der Waals surface area contributed by atoms with E-state index in [1.165, 1.54) is 0 Å². The smallest absolute Gasteiger partial charge is 0.293 e. The predicted octanol–water partition coefficient (Wildman–Crippen LogP) is -1.20. The molecule has 1 aromatic heterocycles. The number of ether oxygens (including phenoxy) is 1. The molecule has 78 valence electrons. The van der Waals surface area contributed by atoms with E-state index in [1.807, 2.05) is 0 Å². The van der Waals surface area contributed by atoms with Gasteiger partial charge in [0.1, 0.15) is 0 Å². The first-order valence-electron chi connectivity index (χ1n) is 3.67. The number of anilines is 3. The molecule has 0 unspecified atom stereocenters. The van der Waals surface area contributed by atoms with E-state index in [9.17, 15) is 4.79 Å². The van der Waals surface area contributed by atoms with Crippen LogP contribution in [0.15, 0.2) is 0 Å². The zero-order valence-corrected chi connectivity index (χ0v) is 7.67. The Morgan fingerprint density at radius 3 is 1.64 bits per heavy atom. The Hall–Kier alpha value is -2.12. The molecule has 0 spiro atoms. The van der Waals surface area contributed by atoms with Gasteiger partial charge in [-0.25, -0.2) is 0 Å². The summed E-state index contributed by atoms with van der Waals surface area (Å²) in [6.07, 6.45) is 0. The number of nitrogens with zero attached hydrogens (tertiary/aromatic N) is 3. The van der Waals surface area contributed by atoms with Gasteiger partial charge in [0.15, 0.2) is 0 Å². The third kappa shape index (κ3) is 5.52. The minimum atomic E-state index is 0.0417. The van der Waals surface area contributed by atoms with Crippen molar-refractivity contribution >= 4 is 24.3 Å². The molecular formula is C6H12N6O2. The molecule has 0 atom stereocenters. The van der Waals surface area contributed by atoms with Crippen molar-refractivity contribution in [1.82, 2.24) is 15.0 Å². The van der Waals surface area contributed by atoms with E-state index in [1.54, 1.807) is 6.92 Å². The lowest BCUT2D eigenvalue weighted by atomic mass is 10.9. The molecule has 0 aliphatic carbocycles. The molecule has 0 saturated heterocycles. The molecule has 0 aliphatic heterocycles. The highest BCUT2D eigenvalue weighted by molar-refractivity contribution is 5.36. The Labute approximate surface area is 80.5 Å². The SMILES string of the molecule is CCOC=O.Nc1nc(N)nc(N)n1. The third-order valence-corrected chi connectivity index (χ3v) is 0.922. The lowest BCUT2D eigenvalue weighted by Crippen LogP contribution is -2.05. The van der Waals surface area contributed by atoms with Crippen molar-refractivity contribution in [1.29, 1.82) is 0 Å². The lowest BCUT2D eigenvalue weighted by molar-refractivity contribution is -0.128. The Morgan fingerprint density at radius 2 is 1.50 bits per heavy atom. The summed E-state index contributed by atoms with van der Waals surface area (Å²) in [5.41, 5.74) is 15.4. The minimum absolute atomic E-state index is 0.0417. The van der Waals surface area contributed by atoms with Crippen molar-refractivity contribution in [3.8, 4) is 0 Å². The second-order valence-electron chi connectivity index (χ2n) is 1.96. The third-order valence-electron chi connectivity index (χ3n) is 0.922. The van der Waals surface area contributed by atoms with Gasteiger partial charge < -0.3 is 21.9 Å². The fraction of sp³-hybridized carbons (Fsp3) is 0.333. The molecule has 8 heteroatoms. The van der Waals surface area contributed by atoms with Gasteiger partial charge in [-0.1, -0.05) is 0 Å². The number of nitrogens with two attached hydrogens (primary N) is 3. The maximum Gasteiger partial charge on any atom is 0.293 e. The topological polar surface area (TPSA) is 143 Å². The molecule has 0 aliphatic rings. The van der Waals surface area contributed by atoms with E-state index in [2.05, 4.69) is 19.7 Å². The van der Waals surface area contributed by atoms with E-state index >= 15 is 0 Å². The molecule has 0 saturated carbocycles. The Kier molecular flexibility index (Phi) is 5.43. The van der Waals surface area contributed by atoms with Gasteiger partial charge >= 0.3 is 0 Å². The maximum atomic E-state index is 9.18. The highest BCUT2D eigenvalue weighted by Gasteiger charge is 1.93. The standard InChI is InChI=1S/C3H6N6.C3H6O2/c4-1-7-2(5)9-3(6)8-1;1-2-5-3-4/h(H6,4,5,6,7,8,9);3H,2H2,1H3. The molecule has 8 nitrogen and oxygen atoms in total. The van der Waals surface area contributed by atoms with Crippen molar-refractivity contribution in [2.75, 3.05) is 23.8 Å². The molecule has 1 rings (SSSR count). The van der Waals surface area contributed by atoms with Crippen molar-refractivity contribution in [3.05, 3.63) is 0 Å². The number of hydrogen-bond acceptors (Lipinski definition) is 8. The molecule has 1 aromatic rings. The summed E-state index contributed by atoms with van der Waals surface area (Å²) in [4.78, 5) is 19.6. The van der Waals surface area contributed by atoms with Crippen LogP contribution in [0.1, 0.15) is 6.92 Å². The van der Waals surface area contributed by atoms with Crippen LogP contribution in [0.5, 0.6) is 0 Å². The van der Waals surface area contributed by atoms with E-state index in [-0.39, 0.29) is 17.8 Å². The molecule has 0 bridgehead atoms. The highest BCUT2D eigenvalue weighted by atomic mass is 16.5. The lowest BCUT2D eigenvalue weighted by Gasteiger charge is -1.93. The van der Waals surface area contributed by atoms with Crippen molar-refractivity contribution in [2.24, 2.45) is 0 Å². The summed E-state index contributed by atoms with van der Waals surface area (Å²) >= 11 is 0. The summed E-state index contributed by atoms with van der Waals surface area (Å²) in [5.74, 6) is 0.125. The van der Waals surface area contributed by atoms with E-state index in [4.69, 9.17) is 17.2 Å². The van der Waals surface area contributed by atoms with Crippen LogP contribution in [0, 0.1) is 0 Å². The van der Waals surface area contributed by atoms with Crippen LogP contribution < -0.4 is 17.2 Å². The first-order chi connectivity index (χ1) is 6.60. The number of aromatic nitrogens is 3. The summed E-state index contributed by atoms with van der Waals surface area (Å²) in [7, 11) is 0. The quantitative estimate of drug-likeness (QED) is 0.505. The van der Waals surface area contributed by atoms with Crippen molar-refractivity contribution in [3.63, 3.8) is 0 Å².